The van der Waals surface area contributed by atoms with E-state index in [1.807, 2.05) is 6.92 Å². The molecule has 96 valence electrons. The molecule has 5 heteroatoms. The van der Waals surface area contributed by atoms with Crippen molar-refractivity contribution in [1.82, 2.24) is 5.32 Å². The third kappa shape index (κ3) is 2.64. The number of nitrogens with zero attached hydrogens (tertiary/aromatic N) is 1. The fraction of sp³-hybridized carbons (Fsp3) is 0.385. The summed E-state index contributed by atoms with van der Waals surface area (Å²) in [5.74, 6) is -0.330. The van der Waals surface area contributed by atoms with Gasteiger partial charge in [0.1, 0.15) is 0 Å². The lowest BCUT2D eigenvalue weighted by molar-refractivity contribution is -0.126. The highest BCUT2D eigenvalue weighted by Crippen LogP contribution is 2.26. The number of benzene rings is 1. The summed E-state index contributed by atoms with van der Waals surface area (Å²) in [6.07, 6.45) is 0.272. The molecule has 2 amide bonds. The highest BCUT2D eigenvalue weighted by atomic mass is 35.5. The third-order valence-corrected chi connectivity index (χ3v) is 3.24. The number of amides is 2. The Bertz CT molecular complexity index is 459. The molecule has 1 heterocycles. The van der Waals surface area contributed by atoms with Gasteiger partial charge in [0, 0.05) is 30.2 Å². The first-order valence-electron chi connectivity index (χ1n) is 5.95. The second-order valence-electron chi connectivity index (χ2n) is 4.28. The lowest BCUT2D eigenvalue weighted by Gasteiger charge is -2.16. The standard InChI is InChI=1S/C13H15ClN2O2/c1-2-15-13(18)9-7-12(17)16(8-9)11-5-3-10(14)4-6-11/h3-6,9H,2,7-8H2,1H3,(H,15,18)/t9-/m1/s1. The fourth-order valence-electron chi connectivity index (χ4n) is 2.07. The molecule has 2 rings (SSSR count). The Morgan fingerprint density at radius 3 is 2.72 bits per heavy atom. The maximum Gasteiger partial charge on any atom is 0.227 e. The monoisotopic (exact) mass is 266 g/mol. The molecule has 1 aromatic carbocycles. The van der Waals surface area contributed by atoms with Crippen LogP contribution in [0.4, 0.5) is 5.69 Å². The molecular weight excluding hydrogens is 252 g/mol. The summed E-state index contributed by atoms with van der Waals surface area (Å²) in [5, 5.41) is 3.38. The van der Waals surface area contributed by atoms with Crippen molar-refractivity contribution in [2.45, 2.75) is 13.3 Å². The summed E-state index contributed by atoms with van der Waals surface area (Å²) in [5.41, 5.74) is 0.788. The molecule has 0 aromatic heterocycles. The Labute approximate surface area is 111 Å². The summed E-state index contributed by atoms with van der Waals surface area (Å²) in [7, 11) is 0. The van der Waals surface area contributed by atoms with Gasteiger partial charge in [0.25, 0.3) is 0 Å². The zero-order valence-electron chi connectivity index (χ0n) is 10.1. The predicted molar refractivity (Wildman–Crippen MR) is 70.6 cm³/mol. The Morgan fingerprint density at radius 1 is 1.44 bits per heavy atom. The molecule has 0 bridgehead atoms. The molecule has 0 radical (unpaired) electrons. The molecule has 18 heavy (non-hydrogen) atoms. The van der Waals surface area contributed by atoms with Crippen LogP contribution in [0.1, 0.15) is 13.3 Å². The normalized spacial score (nSPS) is 19.1. The van der Waals surface area contributed by atoms with E-state index in [1.165, 1.54) is 0 Å². The largest absolute Gasteiger partial charge is 0.356 e. The summed E-state index contributed by atoms with van der Waals surface area (Å²) >= 11 is 5.81. The Kier molecular flexibility index (Phi) is 3.87. The van der Waals surface area contributed by atoms with Gasteiger partial charge in [0.15, 0.2) is 0 Å². The van der Waals surface area contributed by atoms with Crippen molar-refractivity contribution >= 4 is 29.1 Å². The molecule has 1 N–H and O–H groups in total. The van der Waals surface area contributed by atoms with Gasteiger partial charge < -0.3 is 10.2 Å². The van der Waals surface area contributed by atoms with Gasteiger partial charge in [0.2, 0.25) is 11.8 Å². The molecular formula is C13H15ClN2O2. The maximum atomic E-state index is 11.9. The molecule has 1 fully saturated rings. The van der Waals surface area contributed by atoms with Crippen molar-refractivity contribution < 1.29 is 9.59 Å². The first kappa shape index (κ1) is 12.9. The smallest absolute Gasteiger partial charge is 0.227 e. The molecule has 1 aromatic rings. The average molecular weight is 267 g/mol. The van der Waals surface area contributed by atoms with E-state index in [4.69, 9.17) is 11.6 Å². The van der Waals surface area contributed by atoms with E-state index in [9.17, 15) is 9.59 Å². The third-order valence-electron chi connectivity index (χ3n) is 2.99. The first-order chi connectivity index (χ1) is 8.61. The number of carbonyl (C=O) groups is 2. The lowest BCUT2D eigenvalue weighted by Crippen LogP contribution is -2.32. The van der Waals surface area contributed by atoms with E-state index in [0.29, 0.717) is 18.1 Å². The van der Waals surface area contributed by atoms with Crippen LogP contribution >= 0.6 is 11.6 Å². The van der Waals surface area contributed by atoms with Gasteiger partial charge in [-0.15, -0.1) is 0 Å². The fourth-order valence-corrected chi connectivity index (χ4v) is 2.20. The van der Waals surface area contributed by atoms with E-state index in [1.54, 1.807) is 29.2 Å². The molecule has 0 spiro atoms. The maximum absolute atomic E-state index is 11.9. The molecule has 0 saturated carbocycles. The zero-order chi connectivity index (χ0) is 13.1. The minimum atomic E-state index is -0.256. The van der Waals surface area contributed by atoms with Gasteiger partial charge >= 0.3 is 0 Å². The molecule has 0 unspecified atom stereocenters. The Balaban J connectivity index is 2.10. The van der Waals surface area contributed by atoms with E-state index < -0.39 is 0 Å². The highest BCUT2D eigenvalue weighted by Gasteiger charge is 2.34. The first-order valence-corrected chi connectivity index (χ1v) is 6.33. The topological polar surface area (TPSA) is 49.4 Å². The van der Waals surface area contributed by atoms with Crippen LogP contribution in [0.25, 0.3) is 0 Å². The summed E-state index contributed by atoms with van der Waals surface area (Å²) in [6, 6.07) is 7.06. The van der Waals surface area contributed by atoms with Crippen LogP contribution in [0.5, 0.6) is 0 Å². The average Bonchev–Trinajstić information content (AvgIpc) is 2.73. The summed E-state index contributed by atoms with van der Waals surface area (Å²) < 4.78 is 0. The van der Waals surface area contributed by atoms with Crippen molar-refractivity contribution in [2.75, 3.05) is 18.0 Å². The number of hydrogen-bond acceptors (Lipinski definition) is 2. The molecule has 1 atom stereocenters. The van der Waals surface area contributed by atoms with E-state index in [2.05, 4.69) is 5.32 Å². The van der Waals surface area contributed by atoms with Crippen LogP contribution in [0, 0.1) is 5.92 Å². The summed E-state index contributed by atoms with van der Waals surface area (Å²) in [4.78, 5) is 25.2. The van der Waals surface area contributed by atoms with Crippen LogP contribution < -0.4 is 10.2 Å². The highest BCUT2D eigenvalue weighted by molar-refractivity contribution is 6.30. The second kappa shape index (κ2) is 5.40. The number of anilines is 1. The van der Waals surface area contributed by atoms with Gasteiger partial charge in [-0.2, -0.15) is 0 Å². The van der Waals surface area contributed by atoms with Gasteiger partial charge in [0.05, 0.1) is 5.92 Å². The van der Waals surface area contributed by atoms with Gasteiger partial charge in [-0.25, -0.2) is 0 Å². The van der Waals surface area contributed by atoms with Crippen molar-refractivity contribution in [1.29, 1.82) is 0 Å². The molecule has 0 aliphatic carbocycles. The predicted octanol–water partition coefficient (Wildman–Crippen LogP) is 1.83. The van der Waals surface area contributed by atoms with Gasteiger partial charge in [-0.05, 0) is 31.2 Å². The minimum absolute atomic E-state index is 0.0198. The molecule has 1 saturated heterocycles. The number of carbonyl (C=O) groups excluding carboxylic acids is 2. The number of halogens is 1. The minimum Gasteiger partial charge on any atom is -0.356 e. The van der Waals surface area contributed by atoms with Crippen molar-refractivity contribution in [3.05, 3.63) is 29.3 Å². The number of rotatable bonds is 3. The number of nitrogens with one attached hydrogen (secondary N) is 1. The summed E-state index contributed by atoms with van der Waals surface area (Å²) in [6.45, 7) is 2.89. The van der Waals surface area contributed by atoms with Crippen molar-refractivity contribution in [3.63, 3.8) is 0 Å². The van der Waals surface area contributed by atoms with E-state index in [0.717, 1.165) is 5.69 Å². The zero-order valence-corrected chi connectivity index (χ0v) is 10.9. The quantitative estimate of drug-likeness (QED) is 0.907. The van der Waals surface area contributed by atoms with Crippen LogP contribution in [0.15, 0.2) is 24.3 Å². The Hall–Kier alpha value is -1.55. The molecule has 4 nitrogen and oxygen atoms in total. The van der Waals surface area contributed by atoms with Crippen molar-refractivity contribution in [2.24, 2.45) is 5.92 Å². The lowest BCUT2D eigenvalue weighted by atomic mass is 10.1. The molecule has 1 aliphatic heterocycles. The van der Waals surface area contributed by atoms with E-state index in [-0.39, 0.29) is 24.2 Å². The SMILES string of the molecule is CCNC(=O)[C@@H]1CC(=O)N(c2ccc(Cl)cc2)C1. The van der Waals surface area contributed by atoms with Crippen LogP contribution in [0.3, 0.4) is 0 Å². The number of hydrogen-bond donors (Lipinski definition) is 1. The Morgan fingerprint density at radius 2 is 2.11 bits per heavy atom. The van der Waals surface area contributed by atoms with Crippen LogP contribution in [0.2, 0.25) is 5.02 Å². The van der Waals surface area contributed by atoms with Gasteiger partial charge in [-0.1, -0.05) is 11.6 Å². The second-order valence-corrected chi connectivity index (χ2v) is 4.71. The van der Waals surface area contributed by atoms with Crippen LogP contribution in [-0.4, -0.2) is 24.9 Å². The van der Waals surface area contributed by atoms with Crippen molar-refractivity contribution in [3.8, 4) is 0 Å². The van der Waals surface area contributed by atoms with Gasteiger partial charge in [-0.3, -0.25) is 9.59 Å². The van der Waals surface area contributed by atoms with E-state index >= 15 is 0 Å². The van der Waals surface area contributed by atoms with Crippen LogP contribution in [-0.2, 0) is 9.59 Å². The molecule has 1 aliphatic rings.